The van der Waals surface area contributed by atoms with Crippen LogP contribution in [0.3, 0.4) is 0 Å². The summed E-state index contributed by atoms with van der Waals surface area (Å²) in [6, 6.07) is 13.5. The summed E-state index contributed by atoms with van der Waals surface area (Å²) in [7, 11) is -2.19. The van der Waals surface area contributed by atoms with Crippen LogP contribution in [0.2, 0.25) is 0 Å². The van der Waals surface area contributed by atoms with Gasteiger partial charge in [0.25, 0.3) is 0 Å². The van der Waals surface area contributed by atoms with Gasteiger partial charge in [-0.25, -0.2) is 8.42 Å². The van der Waals surface area contributed by atoms with Crippen molar-refractivity contribution in [2.75, 3.05) is 30.8 Å². The zero-order valence-electron chi connectivity index (χ0n) is 22.3. The molecule has 9 heteroatoms. The topological polar surface area (TPSA) is 96.0 Å². The van der Waals surface area contributed by atoms with Gasteiger partial charge in [0.05, 0.1) is 19.1 Å². The lowest BCUT2D eigenvalue weighted by molar-refractivity contribution is -0.139. The number of hydrogen-bond acceptors (Lipinski definition) is 5. The highest BCUT2D eigenvalue weighted by atomic mass is 32.2. The summed E-state index contributed by atoms with van der Waals surface area (Å²) in [5.74, 6) is 0.445. The second-order valence-electron chi connectivity index (χ2n) is 9.70. The summed E-state index contributed by atoms with van der Waals surface area (Å²) in [5.41, 5.74) is 2.26. The molecule has 0 aromatic heterocycles. The van der Waals surface area contributed by atoms with Crippen molar-refractivity contribution in [2.45, 2.75) is 53.1 Å². The third kappa shape index (κ3) is 8.26. The van der Waals surface area contributed by atoms with E-state index in [0.29, 0.717) is 18.0 Å². The molecule has 0 spiro atoms. The van der Waals surface area contributed by atoms with Gasteiger partial charge in [0.2, 0.25) is 21.8 Å². The average Bonchev–Trinajstić information content (AvgIpc) is 2.83. The van der Waals surface area contributed by atoms with Crippen molar-refractivity contribution < 1.29 is 22.7 Å². The van der Waals surface area contributed by atoms with Crippen LogP contribution in [0.1, 0.15) is 51.7 Å². The number of methoxy groups -OCH3 is 1. The van der Waals surface area contributed by atoms with E-state index >= 15 is 0 Å². The summed E-state index contributed by atoms with van der Waals surface area (Å²) < 4.78 is 31.6. The molecule has 0 aliphatic carbocycles. The molecule has 0 saturated heterocycles. The van der Waals surface area contributed by atoms with Crippen molar-refractivity contribution in [3.63, 3.8) is 0 Å². The highest BCUT2D eigenvalue weighted by molar-refractivity contribution is 7.92. The van der Waals surface area contributed by atoms with Gasteiger partial charge in [0.1, 0.15) is 18.3 Å². The number of benzene rings is 2. The molecule has 2 rings (SSSR count). The van der Waals surface area contributed by atoms with E-state index in [9.17, 15) is 18.0 Å². The first-order chi connectivity index (χ1) is 16.8. The number of carbonyl (C=O) groups excluding carboxylic acids is 2. The van der Waals surface area contributed by atoms with Crippen molar-refractivity contribution in [3.8, 4) is 5.75 Å². The first-order valence-electron chi connectivity index (χ1n) is 12.1. The van der Waals surface area contributed by atoms with E-state index in [1.54, 1.807) is 38.3 Å². The normalized spacial score (nSPS) is 12.4. The van der Waals surface area contributed by atoms with Crippen LogP contribution in [0.15, 0.2) is 48.5 Å². The zero-order valence-corrected chi connectivity index (χ0v) is 23.1. The summed E-state index contributed by atoms with van der Waals surface area (Å²) in [5, 5.41) is 2.87. The van der Waals surface area contributed by atoms with Crippen LogP contribution >= 0.6 is 0 Å². The molecule has 8 nitrogen and oxygen atoms in total. The zero-order chi connectivity index (χ0) is 27.0. The van der Waals surface area contributed by atoms with Crippen LogP contribution in [0, 0.1) is 5.92 Å². The Balaban J connectivity index is 2.36. The van der Waals surface area contributed by atoms with Crippen LogP contribution in [0.4, 0.5) is 5.69 Å². The molecule has 198 valence electrons. The Morgan fingerprint density at radius 1 is 0.944 bits per heavy atom. The Morgan fingerprint density at radius 2 is 1.53 bits per heavy atom. The van der Waals surface area contributed by atoms with Crippen molar-refractivity contribution in [3.05, 3.63) is 59.7 Å². The molecular weight excluding hydrogens is 478 g/mol. The molecule has 0 radical (unpaired) electrons. The smallest absolute Gasteiger partial charge is 0.244 e. The van der Waals surface area contributed by atoms with E-state index in [1.165, 1.54) is 4.90 Å². The minimum absolute atomic E-state index is 0.142. The maximum atomic E-state index is 13.6. The van der Waals surface area contributed by atoms with Gasteiger partial charge in [-0.3, -0.25) is 13.9 Å². The van der Waals surface area contributed by atoms with Gasteiger partial charge in [-0.2, -0.15) is 0 Å². The Hall–Kier alpha value is -3.07. The second kappa shape index (κ2) is 12.8. The molecule has 2 aromatic rings. The number of carbonyl (C=O) groups is 2. The fraction of sp³-hybridized carbons (Fsp3) is 0.481. The van der Waals surface area contributed by atoms with Crippen molar-refractivity contribution >= 4 is 27.5 Å². The van der Waals surface area contributed by atoms with E-state index in [2.05, 4.69) is 19.2 Å². The van der Waals surface area contributed by atoms with Gasteiger partial charge in [0, 0.05) is 13.1 Å². The number of nitrogens with one attached hydrogen (secondary N) is 1. The maximum Gasteiger partial charge on any atom is 0.244 e. The van der Waals surface area contributed by atoms with Gasteiger partial charge >= 0.3 is 0 Å². The molecule has 0 fully saturated rings. The lowest BCUT2D eigenvalue weighted by atomic mass is 10.0. The maximum absolute atomic E-state index is 13.6. The third-order valence-corrected chi connectivity index (χ3v) is 7.03. The first kappa shape index (κ1) is 29.2. The van der Waals surface area contributed by atoms with E-state index in [-0.39, 0.29) is 24.3 Å². The predicted molar refractivity (Wildman–Crippen MR) is 144 cm³/mol. The van der Waals surface area contributed by atoms with Crippen LogP contribution < -0.4 is 14.4 Å². The number of sulfonamides is 1. The predicted octanol–water partition coefficient (Wildman–Crippen LogP) is 3.77. The molecule has 1 unspecified atom stereocenters. The van der Waals surface area contributed by atoms with Crippen molar-refractivity contribution in [1.82, 2.24) is 10.2 Å². The van der Waals surface area contributed by atoms with E-state index < -0.39 is 28.5 Å². The lowest BCUT2D eigenvalue weighted by Crippen LogP contribution is -2.51. The molecule has 0 saturated carbocycles. The fourth-order valence-electron chi connectivity index (χ4n) is 3.60. The number of ether oxygens (including phenoxy) is 1. The summed E-state index contributed by atoms with van der Waals surface area (Å²) in [4.78, 5) is 27.9. The molecule has 2 amide bonds. The standard InChI is InChI=1S/C27H39N3O5S/c1-19(2)16-28-27(32)21(5)29(17-22-8-14-25(35-6)15-9-22)26(31)18-30(36(7,33)34)24-12-10-23(11-13-24)20(3)4/h8-15,19-21H,16-18H2,1-7H3,(H,28,32). The highest BCUT2D eigenvalue weighted by Gasteiger charge is 2.30. The fourth-order valence-corrected chi connectivity index (χ4v) is 4.45. The van der Waals surface area contributed by atoms with Gasteiger partial charge < -0.3 is 15.0 Å². The van der Waals surface area contributed by atoms with Gasteiger partial charge in [-0.05, 0) is 54.2 Å². The summed E-state index contributed by atoms with van der Waals surface area (Å²) >= 11 is 0. The number of anilines is 1. The molecule has 0 heterocycles. The molecular formula is C27H39N3O5S. The molecule has 2 aromatic carbocycles. The minimum atomic E-state index is -3.76. The third-order valence-electron chi connectivity index (χ3n) is 5.89. The Bertz CT molecular complexity index is 1110. The quantitative estimate of drug-likeness (QED) is 0.462. The molecule has 0 aliphatic rings. The average molecular weight is 518 g/mol. The number of nitrogens with zero attached hydrogens (tertiary/aromatic N) is 2. The van der Waals surface area contributed by atoms with E-state index in [1.807, 2.05) is 38.1 Å². The monoisotopic (exact) mass is 517 g/mol. The summed E-state index contributed by atoms with van der Waals surface area (Å²) in [6.45, 7) is 9.93. The van der Waals surface area contributed by atoms with Crippen LogP contribution in [-0.4, -0.2) is 57.6 Å². The van der Waals surface area contributed by atoms with E-state index in [4.69, 9.17) is 4.74 Å². The number of rotatable bonds is 12. The Morgan fingerprint density at radius 3 is 2.00 bits per heavy atom. The van der Waals surface area contributed by atoms with Crippen LogP contribution in [-0.2, 0) is 26.2 Å². The van der Waals surface area contributed by atoms with Crippen molar-refractivity contribution in [2.24, 2.45) is 5.92 Å². The molecule has 1 atom stereocenters. The van der Waals surface area contributed by atoms with Crippen molar-refractivity contribution in [1.29, 1.82) is 0 Å². The number of amides is 2. The summed E-state index contributed by atoms with van der Waals surface area (Å²) in [6.07, 6.45) is 1.07. The van der Waals surface area contributed by atoms with Gasteiger partial charge in [-0.1, -0.05) is 52.0 Å². The molecule has 0 bridgehead atoms. The Kier molecular flexibility index (Phi) is 10.3. The minimum Gasteiger partial charge on any atom is -0.497 e. The molecule has 0 aliphatic heterocycles. The first-order valence-corrected chi connectivity index (χ1v) is 14.0. The molecule has 36 heavy (non-hydrogen) atoms. The SMILES string of the molecule is COc1ccc(CN(C(=O)CN(c2ccc(C(C)C)cc2)S(C)(=O)=O)C(C)C(=O)NCC(C)C)cc1. The molecule has 1 N–H and O–H groups in total. The lowest BCUT2D eigenvalue weighted by Gasteiger charge is -2.31. The Labute approximate surface area is 215 Å². The van der Waals surface area contributed by atoms with E-state index in [0.717, 1.165) is 21.7 Å². The van der Waals surface area contributed by atoms with Crippen LogP contribution in [0.5, 0.6) is 5.75 Å². The second-order valence-corrected chi connectivity index (χ2v) is 11.6. The number of hydrogen-bond donors (Lipinski definition) is 1. The largest absolute Gasteiger partial charge is 0.497 e. The van der Waals surface area contributed by atoms with Gasteiger partial charge in [-0.15, -0.1) is 0 Å². The van der Waals surface area contributed by atoms with Gasteiger partial charge in [0.15, 0.2) is 0 Å². The highest BCUT2D eigenvalue weighted by Crippen LogP contribution is 2.23. The van der Waals surface area contributed by atoms with Crippen LogP contribution in [0.25, 0.3) is 0 Å².